The highest BCUT2D eigenvalue weighted by molar-refractivity contribution is 5.82. The molecule has 0 atom stereocenters. The molecule has 82 valence electrons. The first-order chi connectivity index (χ1) is 7.04. The maximum Gasteiger partial charge on any atom is 0.194 e. The molecule has 5 heteroatoms. The molecule has 1 aromatic carbocycles. The molecular formula is C10H11F3N2. The Hall–Kier alpha value is -1.52. The highest BCUT2D eigenvalue weighted by Gasteiger charge is 2.10. The number of amidine groups is 1. The quantitative estimate of drug-likeness (QED) is 0.471. The number of rotatable bonds is 3. The van der Waals surface area contributed by atoms with Crippen LogP contribution in [0.1, 0.15) is 19.8 Å². The maximum atomic E-state index is 12.8. The number of hydrogen-bond donors (Lipinski definition) is 1. The number of nitrogens with two attached hydrogens (primary N) is 1. The van der Waals surface area contributed by atoms with Crippen molar-refractivity contribution in [1.82, 2.24) is 0 Å². The van der Waals surface area contributed by atoms with Crippen molar-refractivity contribution in [3.8, 4) is 0 Å². The average Bonchev–Trinajstić information content (AvgIpc) is 2.14. The molecule has 0 saturated heterocycles. The van der Waals surface area contributed by atoms with Crippen LogP contribution in [-0.2, 0) is 0 Å². The summed E-state index contributed by atoms with van der Waals surface area (Å²) < 4.78 is 38.1. The first kappa shape index (κ1) is 11.6. The van der Waals surface area contributed by atoms with E-state index in [-0.39, 0.29) is 11.5 Å². The van der Waals surface area contributed by atoms with Crippen LogP contribution in [-0.4, -0.2) is 5.84 Å². The largest absolute Gasteiger partial charge is 0.387 e. The van der Waals surface area contributed by atoms with Gasteiger partial charge in [0.2, 0.25) is 0 Å². The van der Waals surface area contributed by atoms with Crippen LogP contribution in [0.2, 0.25) is 0 Å². The van der Waals surface area contributed by atoms with Crippen molar-refractivity contribution in [3.05, 3.63) is 29.6 Å². The van der Waals surface area contributed by atoms with Gasteiger partial charge in [-0.1, -0.05) is 6.92 Å². The second-order valence-corrected chi connectivity index (χ2v) is 3.08. The molecule has 1 aromatic rings. The Kier molecular flexibility index (Phi) is 3.71. The van der Waals surface area contributed by atoms with Crippen LogP contribution in [0.4, 0.5) is 18.9 Å². The van der Waals surface area contributed by atoms with Gasteiger partial charge >= 0.3 is 0 Å². The molecule has 1 rings (SSSR count). The fourth-order valence-corrected chi connectivity index (χ4v) is 1.08. The second-order valence-electron chi connectivity index (χ2n) is 3.08. The zero-order valence-corrected chi connectivity index (χ0v) is 8.23. The lowest BCUT2D eigenvalue weighted by atomic mass is 10.2. The summed E-state index contributed by atoms with van der Waals surface area (Å²) in [6, 6.07) is 1.61. The van der Waals surface area contributed by atoms with Crippen LogP contribution in [0, 0.1) is 17.5 Å². The molecule has 2 nitrogen and oxygen atoms in total. The number of hydrogen-bond acceptors (Lipinski definition) is 1. The summed E-state index contributed by atoms with van der Waals surface area (Å²) in [4.78, 5) is 3.76. The summed E-state index contributed by atoms with van der Waals surface area (Å²) in [7, 11) is 0. The Morgan fingerprint density at radius 1 is 1.27 bits per heavy atom. The lowest BCUT2D eigenvalue weighted by molar-refractivity contribution is 0.447. The first-order valence-electron chi connectivity index (χ1n) is 4.52. The molecule has 0 aliphatic heterocycles. The van der Waals surface area contributed by atoms with Gasteiger partial charge in [0.1, 0.15) is 0 Å². The van der Waals surface area contributed by atoms with E-state index in [2.05, 4.69) is 4.99 Å². The third-order valence-electron chi connectivity index (χ3n) is 1.75. The number of nitrogens with zero attached hydrogens (tertiary/aromatic N) is 1. The van der Waals surface area contributed by atoms with Gasteiger partial charge in [-0.25, -0.2) is 18.2 Å². The maximum absolute atomic E-state index is 12.8. The Labute approximate surface area is 85.6 Å². The van der Waals surface area contributed by atoms with E-state index in [1.165, 1.54) is 0 Å². The lowest BCUT2D eigenvalue weighted by Crippen LogP contribution is -2.10. The van der Waals surface area contributed by atoms with Gasteiger partial charge in [-0.15, -0.1) is 0 Å². The van der Waals surface area contributed by atoms with Gasteiger partial charge in [-0.2, -0.15) is 0 Å². The van der Waals surface area contributed by atoms with Crippen LogP contribution in [0.5, 0.6) is 0 Å². The molecule has 0 aromatic heterocycles. The van der Waals surface area contributed by atoms with E-state index in [0.29, 0.717) is 6.42 Å². The second kappa shape index (κ2) is 4.82. The van der Waals surface area contributed by atoms with Gasteiger partial charge in [-0.05, 0) is 6.42 Å². The summed E-state index contributed by atoms with van der Waals surface area (Å²) in [6.45, 7) is 1.90. The Morgan fingerprint density at radius 2 is 1.80 bits per heavy atom. The van der Waals surface area contributed by atoms with Gasteiger partial charge in [0.15, 0.2) is 17.5 Å². The topological polar surface area (TPSA) is 38.4 Å². The fourth-order valence-electron chi connectivity index (χ4n) is 1.08. The van der Waals surface area contributed by atoms with Crippen LogP contribution in [0.25, 0.3) is 0 Å². The SMILES string of the molecule is CCCC(N)=Nc1cc(F)c(F)c(F)c1. The van der Waals surface area contributed by atoms with Crippen molar-refractivity contribution in [3.63, 3.8) is 0 Å². The van der Waals surface area contributed by atoms with Gasteiger partial charge in [0.25, 0.3) is 0 Å². The highest BCUT2D eigenvalue weighted by Crippen LogP contribution is 2.19. The summed E-state index contributed by atoms with van der Waals surface area (Å²) in [5, 5.41) is 0. The molecule has 0 radical (unpaired) electrons. The third-order valence-corrected chi connectivity index (χ3v) is 1.75. The standard InChI is InChI=1S/C10H11F3N2/c1-2-3-9(14)15-6-4-7(11)10(13)8(12)5-6/h4-5H,2-3H2,1H3,(H2,14,15). The predicted octanol–water partition coefficient (Wildman–Crippen LogP) is 2.89. The van der Waals surface area contributed by atoms with Crippen LogP contribution in [0.3, 0.4) is 0 Å². The predicted molar refractivity (Wildman–Crippen MR) is 52.5 cm³/mol. The van der Waals surface area contributed by atoms with Gasteiger partial charge in [-0.3, -0.25) is 0 Å². The zero-order valence-electron chi connectivity index (χ0n) is 8.23. The van der Waals surface area contributed by atoms with E-state index in [9.17, 15) is 13.2 Å². The molecule has 0 heterocycles. The van der Waals surface area contributed by atoms with Crippen molar-refractivity contribution in [2.75, 3.05) is 0 Å². The summed E-state index contributed by atoms with van der Waals surface area (Å²) in [5.41, 5.74) is 5.45. The van der Waals surface area contributed by atoms with Gasteiger partial charge in [0, 0.05) is 18.6 Å². The van der Waals surface area contributed by atoms with Crippen LogP contribution < -0.4 is 5.73 Å². The number of halogens is 3. The van der Waals surface area contributed by atoms with Crippen molar-refractivity contribution < 1.29 is 13.2 Å². The zero-order chi connectivity index (χ0) is 11.4. The third kappa shape index (κ3) is 2.97. The van der Waals surface area contributed by atoms with Crippen LogP contribution >= 0.6 is 0 Å². The first-order valence-corrected chi connectivity index (χ1v) is 4.52. The molecule has 0 bridgehead atoms. The molecular weight excluding hydrogens is 205 g/mol. The van der Waals surface area contributed by atoms with Crippen molar-refractivity contribution >= 4 is 11.5 Å². The van der Waals surface area contributed by atoms with E-state index >= 15 is 0 Å². The minimum absolute atomic E-state index is 0.0163. The minimum atomic E-state index is -1.50. The molecule has 0 aliphatic rings. The molecule has 0 unspecified atom stereocenters. The molecule has 2 N–H and O–H groups in total. The fraction of sp³-hybridized carbons (Fsp3) is 0.300. The molecule has 0 spiro atoms. The minimum Gasteiger partial charge on any atom is -0.387 e. The molecule has 0 aliphatic carbocycles. The van der Waals surface area contributed by atoms with Crippen molar-refractivity contribution in [2.24, 2.45) is 10.7 Å². The number of aliphatic imine (C=N–C) groups is 1. The average molecular weight is 216 g/mol. The normalized spacial score (nSPS) is 11.9. The molecule has 0 saturated carbocycles. The molecule has 15 heavy (non-hydrogen) atoms. The molecule has 0 amide bonds. The van der Waals surface area contributed by atoms with Gasteiger partial charge in [0.05, 0.1) is 11.5 Å². The monoisotopic (exact) mass is 216 g/mol. The van der Waals surface area contributed by atoms with Gasteiger partial charge < -0.3 is 5.73 Å². The van der Waals surface area contributed by atoms with E-state index in [0.717, 1.165) is 18.6 Å². The Bertz CT molecular complexity index is 365. The van der Waals surface area contributed by atoms with E-state index in [4.69, 9.17) is 5.73 Å². The smallest absolute Gasteiger partial charge is 0.194 e. The number of benzene rings is 1. The van der Waals surface area contributed by atoms with Crippen LogP contribution in [0.15, 0.2) is 17.1 Å². The lowest BCUT2D eigenvalue weighted by Gasteiger charge is -2.00. The van der Waals surface area contributed by atoms with Crippen molar-refractivity contribution in [2.45, 2.75) is 19.8 Å². The summed E-state index contributed by atoms with van der Waals surface area (Å²) >= 11 is 0. The van der Waals surface area contributed by atoms with Crippen molar-refractivity contribution in [1.29, 1.82) is 0 Å². The van der Waals surface area contributed by atoms with E-state index in [1.807, 2.05) is 6.92 Å². The van der Waals surface area contributed by atoms with E-state index in [1.54, 1.807) is 0 Å². The van der Waals surface area contributed by atoms with E-state index < -0.39 is 17.5 Å². The molecule has 0 fully saturated rings. The highest BCUT2D eigenvalue weighted by atomic mass is 19.2. The summed E-state index contributed by atoms with van der Waals surface area (Å²) in [6.07, 6.45) is 1.31. The Morgan fingerprint density at radius 3 is 2.27 bits per heavy atom. The summed E-state index contributed by atoms with van der Waals surface area (Å²) in [5.74, 6) is -3.76. The Balaban J connectivity index is 3.02.